The number of ether oxygens (including phenoxy) is 6. The Bertz CT molecular complexity index is 7150. The van der Waals surface area contributed by atoms with Crippen LogP contribution in [0.5, 0.6) is 0 Å². The van der Waals surface area contributed by atoms with E-state index in [0.717, 1.165) is 60.9 Å². The van der Waals surface area contributed by atoms with Gasteiger partial charge < -0.3 is 55.6 Å². The first-order valence-corrected chi connectivity index (χ1v) is 46.6. The molecule has 37 heteroatoms. The van der Waals surface area contributed by atoms with E-state index < -0.39 is 41.6 Å². The number of esters is 6. The highest BCUT2D eigenvalue weighted by atomic mass is 79.9. The normalized spacial score (nSPS) is 10.6. The lowest BCUT2D eigenvalue weighted by atomic mass is 10.1. The summed E-state index contributed by atoms with van der Waals surface area (Å²) >= 11 is 27.4. The predicted molar refractivity (Wildman–Crippen MR) is 536 cm³/mol. The molecule has 0 aliphatic rings. The standard InChI is InChI=1S/C18H15BrN2O3.C18H14Cl2N2O3.2C18H15ClN2O3.2C18H15FN2O3/c1-11-3-8-16(12(2)20-11)18(22)23-10-15-9-17(21-24-15)13-4-6-14(19)7-5-13;1-10-3-5-14(11(2)21-10)18(23)24-9-13-8-17(22-25-13)15-6-4-12(19)7-16(15)20;1-11-3-8-16(12(2)20-11)18(22)23-10-15-9-17(21-24-15)13-4-6-14(19)7-5-13;1-11-7-8-14(12(2)20-11)18(22)23-10-13-9-17(21-24-13)15-5-3-4-6-16(15)19;1-11-3-8-16(12(2)20-11)18(22)23-10-15-9-17(21-24-15)13-4-6-14(19)7-5-13;1-11-7-8-14(12(2)20-11)18(22)23-10-13-9-17(21-24-13)15-5-3-4-6-16(15)19/h3-9H,10H2,1-2H3;3-8H,9H2,1-2H3;4*3-9H,10H2,1-2H3. The van der Waals surface area contributed by atoms with Crippen LogP contribution in [0, 0.1) is 94.7 Å². The van der Waals surface area contributed by atoms with Crippen LogP contribution in [0.3, 0.4) is 0 Å². The topological polar surface area (TPSA) is 391 Å². The summed E-state index contributed by atoms with van der Waals surface area (Å²) in [6.45, 7) is 21.6. The molecule has 145 heavy (non-hydrogen) atoms. The van der Waals surface area contributed by atoms with E-state index in [0.29, 0.717) is 167 Å². The summed E-state index contributed by atoms with van der Waals surface area (Å²) in [6.07, 6.45) is 0. The van der Waals surface area contributed by atoms with Crippen LogP contribution in [0.1, 0.15) is 165 Å². The Morgan fingerprint density at radius 1 is 0.262 bits per heavy atom. The Kier molecular flexibility index (Phi) is 36.9. The van der Waals surface area contributed by atoms with Crippen molar-refractivity contribution in [2.24, 2.45) is 0 Å². The largest absolute Gasteiger partial charge is 0.454 e. The number of carbonyl (C=O) groups excluding carboxylic acids is 6. The van der Waals surface area contributed by atoms with Crippen molar-refractivity contribution >= 4 is 98.1 Å². The van der Waals surface area contributed by atoms with Crippen LogP contribution in [0.25, 0.3) is 67.5 Å². The van der Waals surface area contributed by atoms with Gasteiger partial charge in [0.1, 0.15) is 45.8 Å². The maximum absolute atomic E-state index is 13.7. The Hall–Kier alpha value is -16.2. The molecular weight excluding hydrogens is 2010 g/mol. The third-order valence-electron chi connectivity index (χ3n) is 21.0. The first-order chi connectivity index (χ1) is 69.6. The van der Waals surface area contributed by atoms with Crippen molar-refractivity contribution in [3.8, 4) is 67.5 Å². The number of pyridine rings is 6. The van der Waals surface area contributed by atoms with E-state index >= 15 is 0 Å². The second-order valence-electron chi connectivity index (χ2n) is 32.1. The molecule has 18 rings (SSSR count). The number of carbonyl (C=O) groups is 6. The number of hydrogen-bond donors (Lipinski definition) is 0. The zero-order valence-electron chi connectivity index (χ0n) is 79.8. The first kappa shape index (κ1) is 106. The van der Waals surface area contributed by atoms with Gasteiger partial charge in [-0.25, -0.2) is 37.5 Å². The van der Waals surface area contributed by atoms with Crippen LogP contribution in [-0.2, 0) is 68.1 Å². The van der Waals surface area contributed by atoms with Gasteiger partial charge in [-0.2, -0.15) is 0 Å². The fourth-order valence-electron chi connectivity index (χ4n) is 13.7. The van der Waals surface area contributed by atoms with Gasteiger partial charge in [0.25, 0.3) is 0 Å². The third-order valence-corrected chi connectivity index (χ3v) is 22.7. The van der Waals surface area contributed by atoms with Crippen molar-refractivity contribution in [2.75, 3.05) is 0 Å². The minimum atomic E-state index is -0.496. The summed E-state index contributed by atoms with van der Waals surface area (Å²) in [4.78, 5) is 98.2. The van der Waals surface area contributed by atoms with E-state index in [-0.39, 0.29) is 45.5 Å². The minimum absolute atomic E-state index is 0.00669. The van der Waals surface area contributed by atoms with Gasteiger partial charge in [0.05, 0.1) is 77.6 Å². The smallest absolute Gasteiger partial charge is 0.340 e. The molecule has 0 amide bonds. The molecule has 6 aromatic carbocycles. The zero-order valence-corrected chi connectivity index (χ0v) is 84.4. The molecule has 0 atom stereocenters. The minimum Gasteiger partial charge on any atom is -0.454 e. The SMILES string of the molecule is Cc1ccc(C(=O)OCc2cc(-c3ccc(Br)cc3)no2)c(C)n1.Cc1ccc(C(=O)OCc2cc(-c3ccc(Cl)cc3)no2)c(C)n1.Cc1ccc(C(=O)OCc2cc(-c3ccc(Cl)cc3Cl)no2)c(C)n1.Cc1ccc(C(=O)OCc2cc(-c3ccc(F)cc3)no2)c(C)n1.Cc1ccc(C(=O)OCc2cc(-c3ccccc3Cl)no2)c(C)n1.Cc1ccc(C(=O)OCc2cc(-c3ccccc3F)no2)c(C)n1. The zero-order chi connectivity index (χ0) is 103. The van der Waals surface area contributed by atoms with Gasteiger partial charge in [0, 0.05) is 118 Å². The molecule has 0 fully saturated rings. The van der Waals surface area contributed by atoms with E-state index in [1.54, 1.807) is 217 Å². The average Bonchev–Trinajstić information content (AvgIpc) is 1.70. The maximum atomic E-state index is 13.7. The van der Waals surface area contributed by atoms with E-state index in [2.05, 4.69) is 76.8 Å². The molecule has 0 aliphatic carbocycles. The lowest BCUT2D eigenvalue weighted by Gasteiger charge is -2.05. The quantitative estimate of drug-likeness (QED) is 0.0400. The maximum Gasteiger partial charge on any atom is 0.340 e. The van der Waals surface area contributed by atoms with Crippen LogP contribution in [0.15, 0.2) is 280 Å². The fourth-order valence-corrected chi connectivity index (χ4v) is 14.8. The Morgan fingerprint density at radius 2 is 0.503 bits per heavy atom. The molecule has 12 aromatic heterocycles. The monoisotopic (exact) mass is 2100 g/mol. The fraction of sp³-hybridized carbons (Fsp3) is 0.167. The Morgan fingerprint density at radius 3 is 0.786 bits per heavy atom. The molecule has 0 aliphatic heterocycles. The summed E-state index contributed by atoms with van der Waals surface area (Å²) in [5, 5.41) is 25.8. The van der Waals surface area contributed by atoms with E-state index in [1.165, 1.54) is 18.2 Å². The van der Waals surface area contributed by atoms with Crippen LogP contribution in [0.4, 0.5) is 8.78 Å². The highest BCUT2D eigenvalue weighted by Gasteiger charge is 2.24. The van der Waals surface area contributed by atoms with Crippen LogP contribution in [-0.4, -0.2) is 96.7 Å². The Labute approximate surface area is 857 Å². The van der Waals surface area contributed by atoms with Gasteiger partial charge in [-0.05, 0) is 241 Å². The summed E-state index contributed by atoms with van der Waals surface area (Å²) in [5.41, 5.74) is 19.1. The van der Waals surface area contributed by atoms with Crippen molar-refractivity contribution in [3.05, 3.63) is 421 Å². The number of aromatic nitrogens is 12. The summed E-state index contributed by atoms with van der Waals surface area (Å²) in [5.74, 6) is -0.931. The second-order valence-corrected chi connectivity index (χ2v) is 34.7. The van der Waals surface area contributed by atoms with Gasteiger partial charge >= 0.3 is 35.8 Å². The summed E-state index contributed by atoms with van der Waals surface area (Å²) < 4.78 is 90.3. The number of hydrogen-bond acceptors (Lipinski definition) is 30. The van der Waals surface area contributed by atoms with Gasteiger partial charge in [0.15, 0.2) is 74.2 Å². The first-order valence-electron chi connectivity index (χ1n) is 44.3. The number of halogens is 7. The van der Waals surface area contributed by atoms with Crippen molar-refractivity contribution in [3.63, 3.8) is 0 Å². The lowest BCUT2D eigenvalue weighted by molar-refractivity contribution is 0.0428. The molecule has 738 valence electrons. The van der Waals surface area contributed by atoms with Crippen molar-refractivity contribution in [2.45, 2.75) is 123 Å². The van der Waals surface area contributed by atoms with Gasteiger partial charge in [-0.1, -0.05) is 148 Å². The summed E-state index contributed by atoms with van der Waals surface area (Å²) in [7, 11) is 0. The lowest BCUT2D eigenvalue weighted by Crippen LogP contribution is -2.08. The van der Waals surface area contributed by atoms with Crippen LogP contribution in [0.2, 0.25) is 20.1 Å². The third kappa shape index (κ3) is 30.2. The number of aryl methyl sites for hydroxylation is 12. The molecule has 0 saturated carbocycles. The number of nitrogens with zero attached hydrogens (tertiary/aromatic N) is 12. The van der Waals surface area contributed by atoms with E-state index in [1.807, 2.05) is 96.1 Å². The van der Waals surface area contributed by atoms with Crippen molar-refractivity contribution in [1.29, 1.82) is 0 Å². The molecule has 0 saturated heterocycles. The molecule has 0 spiro atoms. The molecule has 18 aromatic rings. The average molecular weight is 2100 g/mol. The predicted octanol–water partition coefficient (Wildman–Crippen LogP) is 25.9. The molecule has 0 N–H and O–H groups in total. The molecule has 30 nitrogen and oxygen atoms in total. The molecule has 0 bridgehead atoms. The van der Waals surface area contributed by atoms with Crippen LogP contribution < -0.4 is 0 Å². The summed E-state index contributed by atoms with van der Waals surface area (Å²) in [6, 6.07) is 70.3. The molecule has 0 unspecified atom stereocenters. The molecule has 0 radical (unpaired) electrons. The highest BCUT2D eigenvalue weighted by Crippen LogP contribution is 2.34. The van der Waals surface area contributed by atoms with Crippen molar-refractivity contribution in [1.82, 2.24) is 60.8 Å². The van der Waals surface area contributed by atoms with Gasteiger partial charge in [-0.15, -0.1) is 0 Å². The van der Waals surface area contributed by atoms with E-state index in [9.17, 15) is 37.5 Å². The van der Waals surface area contributed by atoms with E-state index in [4.69, 9.17) is 102 Å². The highest BCUT2D eigenvalue weighted by molar-refractivity contribution is 9.10. The molecule has 12 heterocycles. The van der Waals surface area contributed by atoms with Crippen molar-refractivity contribution < 1.29 is 93.1 Å². The Balaban J connectivity index is 0.000000146. The molecular formula is C108H89BrCl4F2N12O18. The number of rotatable bonds is 24. The van der Waals surface area contributed by atoms with Gasteiger partial charge in [-0.3, -0.25) is 29.9 Å². The van der Waals surface area contributed by atoms with Gasteiger partial charge in [0.2, 0.25) is 0 Å². The number of benzene rings is 6. The van der Waals surface area contributed by atoms with Crippen LogP contribution >= 0.6 is 62.3 Å². The second kappa shape index (κ2) is 50.5.